The van der Waals surface area contributed by atoms with Gasteiger partial charge in [-0.05, 0) is 78.7 Å². The lowest BCUT2D eigenvalue weighted by atomic mass is 9.91. The highest BCUT2D eigenvalue weighted by Crippen LogP contribution is 2.24. The minimum Gasteiger partial charge on any atom is -0.396 e. The summed E-state index contributed by atoms with van der Waals surface area (Å²) in [5.74, 6) is 0.631. The third-order valence-corrected chi connectivity index (χ3v) is 5.06. The van der Waals surface area contributed by atoms with Crippen LogP contribution in [0.2, 0.25) is 0 Å². The van der Waals surface area contributed by atoms with Gasteiger partial charge in [-0.1, -0.05) is 12.1 Å². The molecule has 122 valence electrons. The molecule has 21 heavy (non-hydrogen) atoms. The molecule has 2 aliphatic rings. The third kappa shape index (κ3) is 5.26. The van der Waals surface area contributed by atoms with E-state index in [1.165, 1.54) is 64.0 Å². The van der Waals surface area contributed by atoms with Crippen LogP contribution in [0.25, 0.3) is 0 Å². The van der Waals surface area contributed by atoms with Gasteiger partial charge in [0.15, 0.2) is 0 Å². The Hall–Kier alpha value is -0.610. The van der Waals surface area contributed by atoms with Gasteiger partial charge < -0.3 is 14.6 Å². The summed E-state index contributed by atoms with van der Waals surface area (Å²) >= 11 is 0. The molecular formula is C17H33N3O. The summed E-state index contributed by atoms with van der Waals surface area (Å²) in [6.07, 6.45) is 7.60. The van der Waals surface area contributed by atoms with E-state index in [-0.39, 0.29) is 0 Å². The minimum absolute atomic E-state index is 0.631. The van der Waals surface area contributed by atoms with Crippen LogP contribution >= 0.6 is 0 Å². The zero-order valence-electron chi connectivity index (χ0n) is 14.2. The summed E-state index contributed by atoms with van der Waals surface area (Å²) in [6, 6.07) is 0.810. The number of rotatable bonds is 5. The van der Waals surface area contributed by atoms with Crippen molar-refractivity contribution >= 4 is 5.71 Å². The van der Waals surface area contributed by atoms with Gasteiger partial charge in [-0.25, -0.2) is 0 Å². The van der Waals surface area contributed by atoms with Crippen molar-refractivity contribution in [3.05, 3.63) is 0 Å². The minimum atomic E-state index is 0.631. The second-order valence-electron chi connectivity index (χ2n) is 6.76. The number of nitrogens with zero attached hydrogens (tertiary/aromatic N) is 3. The van der Waals surface area contributed by atoms with Gasteiger partial charge in [-0.2, -0.15) is 0 Å². The van der Waals surface area contributed by atoms with Gasteiger partial charge >= 0.3 is 0 Å². The topological polar surface area (TPSA) is 28.1 Å². The first-order valence-electron chi connectivity index (χ1n) is 8.79. The van der Waals surface area contributed by atoms with Crippen molar-refractivity contribution in [3.8, 4) is 0 Å². The van der Waals surface area contributed by atoms with Crippen LogP contribution in [0.3, 0.4) is 0 Å². The summed E-state index contributed by atoms with van der Waals surface area (Å²) in [6.45, 7) is 10.00. The fraction of sp³-hybridized carbons (Fsp3) is 0.941. The van der Waals surface area contributed by atoms with Crippen LogP contribution in [-0.2, 0) is 4.84 Å². The normalized spacial score (nSPS) is 27.6. The summed E-state index contributed by atoms with van der Waals surface area (Å²) in [4.78, 5) is 10.6. The SMILES string of the molecule is CCCO/N=C(\C)C1CCN(C2CCCN(C)CC2)CC1. The van der Waals surface area contributed by atoms with E-state index in [0.29, 0.717) is 5.92 Å². The molecular weight excluding hydrogens is 262 g/mol. The van der Waals surface area contributed by atoms with Crippen molar-refractivity contribution in [1.29, 1.82) is 0 Å². The molecule has 0 aromatic carbocycles. The molecule has 0 amide bonds. The molecule has 1 atom stereocenters. The number of likely N-dealkylation sites (tertiary alicyclic amines) is 2. The van der Waals surface area contributed by atoms with Gasteiger partial charge in [0.1, 0.15) is 6.61 Å². The Kier molecular flexibility index (Phi) is 6.97. The lowest BCUT2D eigenvalue weighted by molar-refractivity contribution is 0.127. The quantitative estimate of drug-likeness (QED) is 0.443. The first-order valence-corrected chi connectivity index (χ1v) is 8.79. The maximum atomic E-state index is 5.34. The highest BCUT2D eigenvalue weighted by atomic mass is 16.6. The average molecular weight is 295 g/mol. The van der Waals surface area contributed by atoms with Crippen molar-refractivity contribution < 1.29 is 4.84 Å². The lowest BCUT2D eigenvalue weighted by Crippen LogP contribution is -2.43. The molecule has 0 N–H and O–H groups in total. The molecule has 0 aliphatic carbocycles. The maximum absolute atomic E-state index is 5.34. The van der Waals surface area contributed by atoms with Crippen molar-refractivity contribution in [2.24, 2.45) is 11.1 Å². The summed E-state index contributed by atoms with van der Waals surface area (Å²) < 4.78 is 0. The Balaban J connectivity index is 1.76. The fourth-order valence-corrected chi connectivity index (χ4v) is 3.58. The second-order valence-corrected chi connectivity index (χ2v) is 6.76. The molecule has 0 aromatic heterocycles. The molecule has 0 bridgehead atoms. The standard InChI is InChI=1S/C17H33N3O/c1-4-14-21-18-15(2)16-7-12-20(13-8-16)17-6-5-10-19(3)11-9-17/h16-17H,4-14H2,1-3H3/b18-15+. The first kappa shape index (κ1) is 16.8. The van der Waals surface area contributed by atoms with Crippen LogP contribution in [-0.4, -0.2) is 61.4 Å². The van der Waals surface area contributed by atoms with Crippen LogP contribution in [0, 0.1) is 5.92 Å². The maximum Gasteiger partial charge on any atom is 0.116 e. The van der Waals surface area contributed by atoms with E-state index in [0.717, 1.165) is 19.1 Å². The highest BCUT2D eigenvalue weighted by molar-refractivity contribution is 5.83. The second kappa shape index (κ2) is 8.74. The van der Waals surface area contributed by atoms with E-state index < -0.39 is 0 Å². The van der Waals surface area contributed by atoms with Crippen LogP contribution in [0.4, 0.5) is 0 Å². The van der Waals surface area contributed by atoms with E-state index >= 15 is 0 Å². The summed E-state index contributed by atoms with van der Waals surface area (Å²) in [7, 11) is 2.25. The van der Waals surface area contributed by atoms with Gasteiger partial charge in [0.05, 0.1) is 5.71 Å². The van der Waals surface area contributed by atoms with Crippen LogP contribution in [0.1, 0.15) is 52.4 Å². The van der Waals surface area contributed by atoms with Crippen LogP contribution in [0.15, 0.2) is 5.16 Å². The van der Waals surface area contributed by atoms with Gasteiger partial charge in [-0.3, -0.25) is 0 Å². The predicted molar refractivity (Wildman–Crippen MR) is 88.8 cm³/mol. The van der Waals surface area contributed by atoms with E-state index in [1.54, 1.807) is 0 Å². The molecule has 2 rings (SSSR count). The van der Waals surface area contributed by atoms with Crippen molar-refractivity contribution in [2.75, 3.05) is 39.8 Å². The third-order valence-electron chi connectivity index (χ3n) is 5.06. The zero-order valence-corrected chi connectivity index (χ0v) is 14.2. The molecule has 0 radical (unpaired) electrons. The number of oxime groups is 1. The number of piperidine rings is 1. The molecule has 0 aromatic rings. The van der Waals surface area contributed by atoms with E-state index in [1.807, 2.05) is 0 Å². The average Bonchev–Trinajstić information content (AvgIpc) is 2.72. The van der Waals surface area contributed by atoms with Crippen molar-refractivity contribution in [2.45, 2.75) is 58.4 Å². The smallest absolute Gasteiger partial charge is 0.116 e. The highest BCUT2D eigenvalue weighted by Gasteiger charge is 2.27. The van der Waals surface area contributed by atoms with E-state index in [4.69, 9.17) is 4.84 Å². The molecule has 2 saturated heterocycles. The van der Waals surface area contributed by atoms with Crippen LogP contribution in [0.5, 0.6) is 0 Å². The summed E-state index contributed by atoms with van der Waals surface area (Å²) in [5.41, 5.74) is 1.20. The van der Waals surface area contributed by atoms with Crippen LogP contribution < -0.4 is 0 Å². The van der Waals surface area contributed by atoms with Gasteiger partial charge in [0.25, 0.3) is 0 Å². The Morgan fingerprint density at radius 1 is 1.10 bits per heavy atom. The van der Waals surface area contributed by atoms with Gasteiger partial charge in [0.2, 0.25) is 0 Å². The molecule has 2 fully saturated rings. The van der Waals surface area contributed by atoms with Gasteiger partial charge in [-0.15, -0.1) is 0 Å². The fourth-order valence-electron chi connectivity index (χ4n) is 3.58. The monoisotopic (exact) mass is 295 g/mol. The lowest BCUT2D eigenvalue weighted by Gasteiger charge is -2.37. The summed E-state index contributed by atoms with van der Waals surface area (Å²) in [5, 5.41) is 4.29. The largest absolute Gasteiger partial charge is 0.396 e. The molecule has 2 heterocycles. The first-order chi connectivity index (χ1) is 10.2. The number of hydrogen-bond donors (Lipinski definition) is 0. The molecule has 1 unspecified atom stereocenters. The Morgan fingerprint density at radius 3 is 2.57 bits per heavy atom. The molecule has 2 aliphatic heterocycles. The molecule has 0 saturated carbocycles. The van der Waals surface area contributed by atoms with E-state index in [9.17, 15) is 0 Å². The number of hydrogen-bond acceptors (Lipinski definition) is 4. The Labute approximate surface area is 130 Å². The Bertz CT molecular complexity index is 324. The predicted octanol–water partition coefficient (Wildman–Crippen LogP) is 2.99. The zero-order chi connectivity index (χ0) is 15.1. The molecule has 4 nitrogen and oxygen atoms in total. The van der Waals surface area contributed by atoms with Crippen molar-refractivity contribution in [1.82, 2.24) is 9.80 Å². The molecule has 4 heteroatoms. The van der Waals surface area contributed by atoms with Gasteiger partial charge in [0, 0.05) is 12.0 Å². The van der Waals surface area contributed by atoms with Crippen molar-refractivity contribution in [3.63, 3.8) is 0 Å². The Morgan fingerprint density at radius 2 is 1.86 bits per heavy atom. The molecule has 0 spiro atoms. The van der Waals surface area contributed by atoms with E-state index in [2.05, 4.69) is 35.9 Å².